The minimum atomic E-state index is -0.142. The van der Waals surface area contributed by atoms with E-state index in [9.17, 15) is 9.59 Å². The van der Waals surface area contributed by atoms with Crippen LogP contribution in [0.1, 0.15) is 60.4 Å². The molecule has 2 aromatic rings. The molecule has 188 valence electrons. The molecular formula is C27H37N5O3. The molecule has 0 unspecified atom stereocenters. The van der Waals surface area contributed by atoms with Crippen molar-refractivity contribution in [3.63, 3.8) is 0 Å². The van der Waals surface area contributed by atoms with Crippen molar-refractivity contribution in [2.45, 2.75) is 45.4 Å². The topological polar surface area (TPSA) is 87.7 Å². The maximum atomic E-state index is 12.9. The summed E-state index contributed by atoms with van der Waals surface area (Å²) in [7, 11) is 0. The summed E-state index contributed by atoms with van der Waals surface area (Å²) in [6, 6.07) is 9.58. The summed E-state index contributed by atoms with van der Waals surface area (Å²) < 4.78 is 5.68. The summed E-state index contributed by atoms with van der Waals surface area (Å²) in [5.41, 5.74) is 1.44. The molecule has 8 nitrogen and oxygen atoms in total. The van der Waals surface area contributed by atoms with Gasteiger partial charge in [0.25, 0.3) is 5.91 Å². The summed E-state index contributed by atoms with van der Waals surface area (Å²) >= 11 is 0. The number of aryl methyl sites for hydroxylation is 1. The fourth-order valence-corrected chi connectivity index (χ4v) is 5.10. The molecule has 1 N–H and O–H groups in total. The lowest BCUT2D eigenvalue weighted by atomic mass is 9.89. The van der Waals surface area contributed by atoms with E-state index in [1.165, 1.54) is 0 Å². The first-order valence-electron chi connectivity index (χ1n) is 12.8. The minimum absolute atomic E-state index is 0.142. The Morgan fingerprint density at radius 2 is 1.77 bits per heavy atom. The Morgan fingerprint density at radius 1 is 1.06 bits per heavy atom. The molecule has 0 aliphatic carbocycles. The number of likely N-dealkylation sites (tertiary alicyclic amines) is 2. The Bertz CT molecular complexity index is 984. The largest absolute Gasteiger partial charge is 0.492 e. The molecule has 1 aromatic carbocycles. The molecule has 1 aromatic heterocycles. The van der Waals surface area contributed by atoms with Crippen LogP contribution in [0.15, 0.2) is 36.5 Å². The molecule has 2 saturated heterocycles. The number of carbonyl (C=O) groups excluding carboxylic acids is 2. The summed E-state index contributed by atoms with van der Waals surface area (Å²) in [6.07, 6.45) is 5.81. The van der Waals surface area contributed by atoms with Gasteiger partial charge >= 0.3 is 0 Å². The predicted octanol–water partition coefficient (Wildman–Crippen LogP) is 3.03. The molecule has 2 amide bonds. The SMILES string of the molecule is CC(=O)N1CCC(CN2CCC(c3nc(C)ncc3C(=O)NCCOc3ccccc3)CC2)CC1. The Balaban J connectivity index is 1.27. The van der Waals surface area contributed by atoms with Gasteiger partial charge in [-0.3, -0.25) is 9.59 Å². The molecule has 0 spiro atoms. The zero-order chi connectivity index (χ0) is 24.6. The summed E-state index contributed by atoms with van der Waals surface area (Å²) in [6.45, 7) is 9.23. The zero-order valence-electron chi connectivity index (χ0n) is 20.9. The van der Waals surface area contributed by atoms with Crippen molar-refractivity contribution in [3.05, 3.63) is 53.6 Å². The van der Waals surface area contributed by atoms with Crippen LogP contribution in [0.4, 0.5) is 0 Å². The molecule has 2 aliphatic heterocycles. The van der Waals surface area contributed by atoms with Crippen LogP contribution in [0.2, 0.25) is 0 Å². The number of hydrogen-bond donors (Lipinski definition) is 1. The third-order valence-electron chi connectivity index (χ3n) is 7.13. The highest BCUT2D eigenvalue weighted by Gasteiger charge is 2.28. The first-order valence-corrected chi connectivity index (χ1v) is 12.8. The number of rotatable bonds is 8. The number of carbonyl (C=O) groups is 2. The van der Waals surface area contributed by atoms with E-state index >= 15 is 0 Å². The first-order chi connectivity index (χ1) is 17.0. The van der Waals surface area contributed by atoms with Crippen LogP contribution in [-0.4, -0.2) is 77.5 Å². The van der Waals surface area contributed by atoms with Crippen LogP contribution in [0.3, 0.4) is 0 Å². The molecule has 0 atom stereocenters. The Kier molecular flexibility index (Phi) is 8.69. The van der Waals surface area contributed by atoms with E-state index in [0.717, 1.165) is 69.9 Å². The van der Waals surface area contributed by atoms with E-state index in [4.69, 9.17) is 9.72 Å². The van der Waals surface area contributed by atoms with Crippen molar-refractivity contribution in [3.8, 4) is 5.75 Å². The molecule has 8 heteroatoms. The number of nitrogens with one attached hydrogen (secondary N) is 1. The third-order valence-corrected chi connectivity index (χ3v) is 7.13. The second-order valence-corrected chi connectivity index (χ2v) is 9.66. The van der Waals surface area contributed by atoms with Crippen molar-refractivity contribution in [1.29, 1.82) is 0 Å². The molecule has 4 rings (SSSR count). The van der Waals surface area contributed by atoms with Crippen molar-refractivity contribution in [2.75, 3.05) is 45.9 Å². The van der Waals surface area contributed by atoms with Gasteiger partial charge in [-0.25, -0.2) is 9.97 Å². The Hall–Kier alpha value is -3.00. The number of nitrogens with zero attached hydrogens (tertiary/aromatic N) is 4. The predicted molar refractivity (Wildman–Crippen MR) is 134 cm³/mol. The van der Waals surface area contributed by atoms with E-state index in [-0.39, 0.29) is 17.7 Å². The lowest BCUT2D eigenvalue weighted by Gasteiger charge is -2.37. The fraction of sp³-hybridized carbons (Fsp3) is 0.556. The average Bonchev–Trinajstić information content (AvgIpc) is 2.88. The van der Waals surface area contributed by atoms with Crippen LogP contribution in [-0.2, 0) is 4.79 Å². The van der Waals surface area contributed by atoms with Crippen molar-refractivity contribution < 1.29 is 14.3 Å². The molecule has 3 heterocycles. The van der Waals surface area contributed by atoms with Crippen LogP contribution >= 0.6 is 0 Å². The first kappa shape index (κ1) is 25.1. The molecule has 0 saturated carbocycles. The van der Waals surface area contributed by atoms with Crippen molar-refractivity contribution >= 4 is 11.8 Å². The standard InChI is InChI=1S/C27H37N5O3/c1-20-29-18-25(27(34)28-12-17-35-24-6-4-3-5-7-24)26(30-20)23-10-13-31(14-11-23)19-22-8-15-32(16-9-22)21(2)33/h3-7,18,22-23H,8-17,19H2,1-2H3,(H,28,34). The van der Waals surface area contributed by atoms with Gasteiger partial charge in [0.15, 0.2) is 0 Å². The zero-order valence-corrected chi connectivity index (χ0v) is 20.9. The van der Waals surface area contributed by atoms with Crippen LogP contribution in [0.5, 0.6) is 5.75 Å². The van der Waals surface area contributed by atoms with Gasteiger partial charge in [0.2, 0.25) is 5.91 Å². The van der Waals surface area contributed by atoms with Gasteiger partial charge in [-0.05, 0) is 63.7 Å². The van der Waals surface area contributed by atoms with E-state index < -0.39 is 0 Å². The van der Waals surface area contributed by atoms with Gasteiger partial charge in [0.1, 0.15) is 18.2 Å². The molecule has 0 radical (unpaired) electrons. The molecular weight excluding hydrogens is 442 g/mol. The van der Waals surface area contributed by atoms with Crippen molar-refractivity contribution in [1.82, 2.24) is 25.1 Å². The maximum absolute atomic E-state index is 12.9. The average molecular weight is 480 g/mol. The molecule has 2 fully saturated rings. The lowest BCUT2D eigenvalue weighted by molar-refractivity contribution is -0.130. The van der Waals surface area contributed by atoms with Gasteiger partial charge in [-0.1, -0.05) is 18.2 Å². The monoisotopic (exact) mass is 479 g/mol. The van der Waals surface area contributed by atoms with Crippen LogP contribution < -0.4 is 10.1 Å². The highest BCUT2D eigenvalue weighted by Crippen LogP contribution is 2.30. The maximum Gasteiger partial charge on any atom is 0.254 e. The number of amides is 2. The van der Waals surface area contributed by atoms with Crippen LogP contribution in [0, 0.1) is 12.8 Å². The summed E-state index contributed by atoms with van der Waals surface area (Å²) in [5, 5.41) is 2.96. The number of aromatic nitrogens is 2. The molecule has 35 heavy (non-hydrogen) atoms. The quantitative estimate of drug-likeness (QED) is 0.586. The molecule has 2 aliphatic rings. The smallest absolute Gasteiger partial charge is 0.254 e. The third kappa shape index (κ3) is 7.01. The van der Waals surface area contributed by atoms with Gasteiger partial charge in [0.05, 0.1) is 17.8 Å². The Morgan fingerprint density at radius 3 is 2.46 bits per heavy atom. The number of piperidine rings is 2. The lowest BCUT2D eigenvalue weighted by Crippen LogP contribution is -2.42. The summed E-state index contributed by atoms with van der Waals surface area (Å²) in [5.74, 6) is 2.45. The highest BCUT2D eigenvalue weighted by molar-refractivity contribution is 5.95. The number of ether oxygens (including phenoxy) is 1. The second-order valence-electron chi connectivity index (χ2n) is 9.66. The summed E-state index contributed by atoms with van der Waals surface area (Å²) in [4.78, 5) is 38.0. The molecule has 0 bridgehead atoms. The van der Waals surface area contributed by atoms with Gasteiger partial charge in [0, 0.05) is 38.7 Å². The number of benzene rings is 1. The van der Waals surface area contributed by atoms with Crippen LogP contribution in [0.25, 0.3) is 0 Å². The van der Waals surface area contributed by atoms with E-state index in [1.807, 2.05) is 42.2 Å². The Labute approximate surface area is 208 Å². The van der Waals surface area contributed by atoms with Gasteiger partial charge < -0.3 is 19.9 Å². The fourth-order valence-electron chi connectivity index (χ4n) is 5.10. The highest BCUT2D eigenvalue weighted by atomic mass is 16.5. The van der Waals surface area contributed by atoms with E-state index in [1.54, 1.807) is 13.1 Å². The van der Waals surface area contributed by atoms with Gasteiger partial charge in [-0.2, -0.15) is 0 Å². The van der Waals surface area contributed by atoms with Gasteiger partial charge in [-0.15, -0.1) is 0 Å². The number of para-hydroxylation sites is 1. The second kappa shape index (κ2) is 12.1. The van der Waals surface area contributed by atoms with E-state index in [2.05, 4.69) is 15.2 Å². The normalized spacial score (nSPS) is 17.8. The number of hydrogen-bond acceptors (Lipinski definition) is 6. The van der Waals surface area contributed by atoms with Crippen molar-refractivity contribution in [2.24, 2.45) is 5.92 Å². The minimum Gasteiger partial charge on any atom is -0.492 e. The van der Waals surface area contributed by atoms with E-state index in [0.29, 0.717) is 30.5 Å².